The van der Waals surface area contributed by atoms with Crippen LogP contribution in [0.15, 0.2) is 5.11 Å². The Bertz CT molecular complexity index is 220. The third-order valence-corrected chi connectivity index (χ3v) is 2.64. The summed E-state index contributed by atoms with van der Waals surface area (Å²) in [6.07, 6.45) is -1.03. The molecule has 1 saturated heterocycles. The minimum Gasteiger partial charge on any atom is -0.394 e. The fourth-order valence-corrected chi connectivity index (χ4v) is 1.66. The molecule has 1 aliphatic rings. The molecule has 1 unspecified atom stereocenters. The molecule has 0 bridgehead atoms. The molecule has 0 aromatic rings. The lowest BCUT2D eigenvalue weighted by atomic mass is 10.00. The second kappa shape index (κ2) is 4.67. The van der Waals surface area contributed by atoms with E-state index in [-0.39, 0.29) is 19.1 Å². The van der Waals surface area contributed by atoms with Gasteiger partial charge in [-0.05, 0) is 12.5 Å². The largest absolute Gasteiger partial charge is 0.394 e. The summed E-state index contributed by atoms with van der Waals surface area (Å²) in [5.74, 6) is -0.211. The molecule has 1 heterocycles. The summed E-state index contributed by atoms with van der Waals surface area (Å²) in [6, 6.07) is 0. The Balaban J connectivity index is 2.61. The van der Waals surface area contributed by atoms with Gasteiger partial charge in [0.1, 0.15) is 0 Å². The molecule has 2 radical (unpaired) electrons. The third-order valence-electron chi connectivity index (χ3n) is 2.07. The van der Waals surface area contributed by atoms with Crippen LogP contribution >= 0.6 is 11.6 Å². The summed E-state index contributed by atoms with van der Waals surface area (Å²) in [5.41, 5.74) is 8.12. The molecule has 1 fully saturated rings. The molecular formula is C7H10ClN3O2. The molecule has 0 amide bonds. The van der Waals surface area contributed by atoms with Crippen molar-refractivity contribution in [3.8, 4) is 0 Å². The fraction of sp³-hybridized carbons (Fsp3) is 0.857. The van der Waals surface area contributed by atoms with Gasteiger partial charge in [0.15, 0.2) is 0 Å². The first-order chi connectivity index (χ1) is 6.20. The van der Waals surface area contributed by atoms with E-state index in [1.54, 1.807) is 0 Å². The van der Waals surface area contributed by atoms with Gasteiger partial charge < -0.3 is 9.84 Å². The Hall–Kier alpha value is -0.480. The lowest BCUT2D eigenvalue weighted by Gasteiger charge is -2.14. The zero-order valence-corrected chi connectivity index (χ0v) is 7.63. The minimum absolute atomic E-state index is 0.164. The van der Waals surface area contributed by atoms with Crippen LogP contribution in [-0.2, 0) is 4.74 Å². The average Bonchev–Trinajstić information content (AvgIpc) is 2.40. The summed E-state index contributed by atoms with van der Waals surface area (Å²) >= 11 is 5.89. The standard InChI is InChI=1S/C7H10ClN3O2/c1-4-7(8)5(2-10-11-9)6(3-12)13-4/h1,4-7,12H,2-3H2/t4-,5-,6+,7?/m0/s1. The van der Waals surface area contributed by atoms with Crippen LogP contribution in [0.5, 0.6) is 0 Å². The molecule has 0 aliphatic carbocycles. The van der Waals surface area contributed by atoms with Crippen LogP contribution in [0.4, 0.5) is 0 Å². The molecule has 1 rings (SSSR count). The van der Waals surface area contributed by atoms with E-state index in [2.05, 4.69) is 10.0 Å². The van der Waals surface area contributed by atoms with E-state index in [4.69, 9.17) is 33.9 Å². The Kier molecular flexibility index (Phi) is 3.81. The van der Waals surface area contributed by atoms with Crippen LogP contribution in [0.2, 0.25) is 0 Å². The monoisotopic (exact) mass is 203 g/mol. The number of hydrogen-bond acceptors (Lipinski definition) is 3. The summed E-state index contributed by atoms with van der Waals surface area (Å²) in [4.78, 5) is 2.62. The van der Waals surface area contributed by atoms with Crippen molar-refractivity contribution >= 4 is 11.6 Å². The van der Waals surface area contributed by atoms with Crippen molar-refractivity contribution in [3.05, 3.63) is 17.4 Å². The maximum absolute atomic E-state index is 8.90. The number of aliphatic hydroxyl groups excluding tert-OH is 1. The SMILES string of the molecule is [CH][C@@H]1O[C@H](CO)[C@H](CN=[N+]=[N-])C1Cl. The second-order valence-electron chi connectivity index (χ2n) is 2.84. The quantitative estimate of drug-likeness (QED) is 0.321. The van der Waals surface area contributed by atoms with Crippen LogP contribution in [0, 0.1) is 12.8 Å². The van der Waals surface area contributed by atoms with E-state index >= 15 is 0 Å². The van der Waals surface area contributed by atoms with Gasteiger partial charge in [0.2, 0.25) is 0 Å². The number of alkyl halides is 1. The van der Waals surface area contributed by atoms with Gasteiger partial charge in [-0.3, -0.25) is 0 Å². The first-order valence-electron chi connectivity index (χ1n) is 3.87. The highest BCUT2D eigenvalue weighted by molar-refractivity contribution is 6.21. The van der Waals surface area contributed by atoms with Crippen molar-refractivity contribution in [2.24, 2.45) is 11.0 Å². The van der Waals surface area contributed by atoms with Crippen molar-refractivity contribution in [2.75, 3.05) is 13.2 Å². The van der Waals surface area contributed by atoms with Gasteiger partial charge in [0, 0.05) is 17.4 Å². The first kappa shape index (κ1) is 10.6. The van der Waals surface area contributed by atoms with Gasteiger partial charge in [-0.2, -0.15) is 0 Å². The van der Waals surface area contributed by atoms with Crippen LogP contribution < -0.4 is 0 Å². The van der Waals surface area contributed by atoms with Crippen LogP contribution in [0.1, 0.15) is 0 Å². The van der Waals surface area contributed by atoms with E-state index in [9.17, 15) is 0 Å². The Labute approximate surface area is 81.3 Å². The van der Waals surface area contributed by atoms with Crippen LogP contribution in [0.25, 0.3) is 10.4 Å². The van der Waals surface area contributed by atoms with Gasteiger partial charge in [0.05, 0.1) is 24.2 Å². The zero-order chi connectivity index (χ0) is 9.84. The number of rotatable bonds is 3. The minimum atomic E-state index is -0.599. The highest BCUT2D eigenvalue weighted by atomic mass is 35.5. The maximum Gasteiger partial charge on any atom is 0.0854 e. The maximum atomic E-state index is 8.90. The Morgan fingerprint density at radius 2 is 2.38 bits per heavy atom. The normalized spacial score (nSPS) is 38.7. The Morgan fingerprint density at radius 1 is 1.69 bits per heavy atom. The van der Waals surface area contributed by atoms with Gasteiger partial charge >= 0.3 is 0 Å². The average molecular weight is 204 g/mol. The summed E-state index contributed by atoms with van der Waals surface area (Å²) in [5, 5.41) is 11.9. The second-order valence-corrected chi connectivity index (χ2v) is 3.35. The van der Waals surface area contributed by atoms with Crippen molar-refractivity contribution in [2.45, 2.75) is 17.6 Å². The summed E-state index contributed by atoms with van der Waals surface area (Å²) in [6.45, 7) is 5.54. The van der Waals surface area contributed by atoms with E-state index in [0.717, 1.165) is 0 Å². The third kappa shape index (κ3) is 2.25. The van der Waals surface area contributed by atoms with Crippen molar-refractivity contribution < 1.29 is 9.84 Å². The van der Waals surface area contributed by atoms with Gasteiger partial charge in [-0.25, -0.2) is 0 Å². The lowest BCUT2D eigenvalue weighted by molar-refractivity contribution is 0.0166. The summed E-state index contributed by atoms with van der Waals surface area (Å²) in [7, 11) is 0. The van der Waals surface area contributed by atoms with E-state index in [0.29, 0.717) is 0 Å². The number of nitrogens with zero attached hydrogens (tertiary/aromatic N) is 3. The molecule has 0 aromatic carbocycles. The van der Waals surface area contributed by atoms with Crippen LogP contribution in [0.3, 0.4) is 0 Å². The highest BCUT2D eigenvalue weighted by Crippen LogP contribution is 2.31. The number of ether oxygens (including phenoxy) is 1. The molecular weight excluding hydrogens is 194 g/mol. The molecule has 1 N–H and O–H groups in total. The van der Waals surface area contributed by atoms with E-state index < -0.39 is 17.6 Å². The van der Waals surface area contributed by atoms with Gasteiger partial charge in [-0.15, -0.1) is 11.6 Å². The van der Waals surface area contributed by atoms with Gasteiger partial charge in [0.25, 0.3) is 0 Å². The predicted octanol–water partition coefficient (Wildman–Crippen LogP) is 0.991. The fourth-order valence-electron chi connectivity index (χ4n) is 1.35. The Morgan fingerprint density at radius 3 is 2.92 bits per heavy atom. The zero-order valence-electron chi connectivity index (χ0n) is 6.88. The molecule has 6 heteroatoms. The number of azide groups is 1. The van der Waals surface area contributed by atoms with Crippen molar-refractivity contribution in [1.82, 2.24) is 0 Å². The van der Waals surface area contributed by atoms with Crippen LogP contribution in [-0.4, -0.2) is 35.8 Å². The van der Waals surface area contributed by atoms with Crippen molar-refractivity contribution in [1.29, 1.82) is 0 Å². The molecule has 1 aliphatic heterocycles. The van der Waals surface area contributed by atoms with Gasteiger partial charge in [-0.1, -0.05) is 5.11 Å². The smallest absolute Gasteiger partial charge is 0.0854 e. The predicted molar refractivity (Wildman–Crippen MR) is 47.2 cm³/mol. The highest BCUT2D eigenvalue weighted by Gasteiger charge is 2.40. The molecule has 72 valence electrons. The molecule has 0 saturated carbocycles. The molecule has 5 nitrogen and oxygen atoms in total. The molecule has 0 aromatic heterocycles. The number of aliphatic hydroxyl groups is 1. The molecule has 4 atom stereocenters. The topological polar surface area (TPSA) is 78.2 Å². The van der Waals surface area contributed by atoms with Crippen molar-refractivity contribution in [3.63, 3.8) is 0 Å². The number of halogens is 1. The molecule has 13 heavy (non-hydrogen) atoms. The molecule has 0 spiro atoms. The lowest BCUT2D eigenvalue weighted by Crippen LogP contribution is -2.27. The number of hydrogen-bond donors (Lipinski definition) is 1. The van der Waals surface area contributed by atoms with E-state index in [1.165, 1.54) is 0 Å². The summed E-state index contributed by atoms with van der Waals surface area (Å²) < 4.78 is 5.14. The first-order valence-corrected chi connectivity index (χ1v) is 4.31. The van der Waals surface area contributed by atoms with E-state index in [1.807, 2.05) is 0 Å².